The normalized spacial score (nSPS) is 11.6. The van der Waals surface area contributed by atoms with Crippen LogP contribution in [0.5, 0.6) is 0 Å². The summed E-state index contributed by atoms with van der Waals surface area (Å²) < 4.78 is 1.44. The molecule has 4 aromatic rings. The van der Waals surface area contributed by atoms with Gasteiger partial charge in [-0.15, -0.1) is 11.3 Å². The van der Waals surface area contributed by atoms with Crippen molar-refractivity contribution in [3.8, 4) is 11.3 Å². The molecule has 0 bridgehead atoms. The van der Waals surface area contributed by atoms with E-state index in [1.54, 1.807) is 42.1 Å². The number of carboxylic acid groups (broad SMARTS) is 1. The van der Waals surface area contributed by atoms with Gasteiger partial charge in [-0.05, 0) is 48.2 Å². The third-order valence-corrected chi connectivity index (χ3v) is 5.97. The summed E-state index contributed by atoms with van der Waals surface area (Å²) in [7, 11) is 0. The van der Waals surface area contributed by atoms with Crippen molar-refractivity contribution in [2.45, 2.75) is 32.6 Å². The predicted molar refractivity (Wildman–Crippen MR) is 125 cm³/mol. The smallest absolute Gasteiger partial charge is 0.328 e. The summed E-state index contributed by atoms with van der Waals surface area (Å²) in [5.41, 5.74) is 3.57. The van der Waals surface area contributed by atoms with Gasteiger partial charge in [-0.2, -0.15) is 0 Å². The topological polar surface area (TPSA) is 97.5 Å². The highest BCUT2D eigenvalue weighted by Crippen LogP contribution is 2.22. The molecule has 0 aliphatic rings. The molecule has 0 saturated heterocycles. The van der Waals surface area contributed by atoms with E-state index in [9.17, 15) is 9.59 Å². The van der Waals surface area contributed by atoms with Crippen molar-refractivity contribution in [2.24, 2.45) is 0 Å². The third-order valence-electron chi connectivity index (χ3n) is 5.05. The highest BCUT2D eigenvalue weighted by molar-refractivity contribution is 7.09. The molecule has 4 aromatic heterocycles. The molecule has 32 heavy (non-hydrogen) atoms. The minimum atomic E-state index is -1.13. The van der Waals surface area contributed by atoms with Crippen LogP contribution in [0.15, 0.2) is 59.1 Å². The van der Waals surface area contributed by atoms with Gasteiger partial charge in [-0.3, -0.25) is 14.2 Å². The van der Waals surface area contributed by atoms with Crippen LogP contribution < -0.4 is 5.56 Å². The van der Waals surface area contributed by atoms with E-state index in [4.69, 9.17) is 10.1 Å². The summed E-state index contributed by atoms with van der Waals surface area (Å²) in [6, 6.07) is 7.33. The first-order valence-corrected chi connectivity index (χ1v) is 11.1. The van der Waals surface area contributed by atoms with Gasteiger partial charge in [-0.1, -0.05) is 13.8 Å². The number of rotatable bonds is 7. The largest absolute Gasteiger partial charge is 0.478 e. The Labute approximate surface area is 188 Å². The molecule has 8 heteroatoms. The van der Waals surface area contributed by atoms with Crippen molar-refractivity contribution in [1.82, 2.24) is 19.4 Å². The van der Waals surface area contributed by atoms with E-state index in [1.807, 2.05) is 12.1 Å². The molecule has 0 aliphatic heterocycles. The molecule has 0 radical (unpaired) electrons. The Balaban J connectivity index is 1.73. The Hall–Kier alpha value is -3.65. The Morgan fingerprint density at radius 2 is 2.09 bits per heavy atom. The van der Waals surface area contributed by atoms with Crippen molar-refractivity contribution in [1.29, 1.82) is 0 Å². The van der Waals surface area contributed by atoms with Crippen molar-refractivity contribution >= 4 is 29.0 Å². The SMILES string of the molecule is CC(C)c1csc(CCc2ccn3c(=O)c(C=CC(=O)O)c(-c4cccnc4)nc3c2)n1. The number of fused-ring (bicyclic) bond motifs is 1. The molecular formula is C24H22N4O3S. The first kappa shape index (κ1) is 21.6. The molecule has 7 nitrogen and oxygen atoms in total. The van der Waals surface area contributed by atoms with Crippen LogP contribution >= 0.6 is 11.3 Å². The van der Waals surface area contributed by atoms with Crippen LogP contribution in [0.3, 0.4) is 0 Å². The van der Waals surface area contributed by atoms with Crippen LogP contribution in [0.4, 0.5) is 0 Å². The fourth-order valence-electron chi connectivity index (χ4n) is 3.33. The van der Waals surface area contributed by atoms with Gasteiger partial charge in [0.25, 0.3) is 5.56 Å². The van der Waals surface area contributed by atoms with E-state index >= 15 is 0 Å². The number of thiazole rings is 1. The van der Waals surface area contributed by atoms with Crippen molar-refractivity contribution in [2.75, 3.05) is 0 Å². The van der Waals surface area contributed by atoms with Crippen LogP contribution in [-0.2, 0) is 17.6 Å². The quantitative estimate of drug-likeness (QED) is 0.427. The van der Waals surface area contributed by atoms with Gasteiger partial charge in [0.2, 0.25) is 0 Å². The van der Waals surface area contributed by atoms with Gasteiger partial charge in [0, 0.05) is 42.0 Å². The molecular weight excluding hydrogens is 424 g/mol. The molecule has 4 heterocycles. The summed E-state index contributed by atoms with van der Waals surface area (Å²) in [4.78, 5) is 37.7. The number of aryl methyl sites for hydroxylation is 2. The monoisotopic (exact) mass is 446 g/mol. The van der Waals surface area contributed by atoms with Crippen LogP contribution in [-0.4, -0.2) is 30.4 Å². The second-order valence-corrected chi connectivity index (χ2v) is 8.62. The maximum absolute atomic E-state index is 13.1. The van der Waals surface area contributed by atoms with E-state index in [0.29, 0.717) is 22.8 Å². The lowest BCUT2D eigenvalue weighted by molar-refractivity contribution is -0.131. The van der Waals surface area contributed by atoms with E-state index in [0.717, 1.165) is 35.2 Å². The molecule has 0 spiro atoms. The number of carbonyl (C=O) groups is 1. The number of aliphatic carboxylic acids is 1. The molecule has 0 atom stereocenters. The van der Waals surface area contributed by atoms with Crippen LogP contribution in [0.25, 0.3) is 23.0 Å². The highest BCUT2D eigenvalue weighted by Gasteiger charge is 2.14. The Morgan fingerprint density at radius 3 is 2.78 bits per heavy atom. The fourth-order valence-corrected chi connectivity index (χ4v) is 4.29. The van der Waals surface area contributed by atoms with Gasteiger partial charge < -0.3 is 5.11 Å². The van der Waals surface area contributed by atoms with Crippen LogP contribution in [0, 0.1) is 0 Å². The van der Waals surface area contributed by atoms with Crippen molar-refractivity contribution in [3.05, 3.63) is 86.5 Å². The summed E-state index contributed by atoms with van der Waals surface area (Å²) in [6.07, 6.45) is 8.74. The zero-order valence-corrected chi connectivity index (χ0v) is 18.5. The molecule has 0 unspecified atom stereocenters. The highest BCUT2D eigenvalue weighted by atomic mass is 32.1. The number of hydrogen-bond donors (Lipinski definition) is 1. The van der Waals surface area contributed by atoms with Crippen molar-refractivity contribution < 1.29 is 9.90 Å². The summed E-state index contributed by atoms with van der Waals surface area (Å²) in [6.45, 7) is 4.26. The lowest BCUT2D eigenvalue weighted by Crippen LogP contribution is -2.19. The summed E-state index contributed by atoms with van der Waals surface area (Å²) >= 11 is 1.67. The molecule has 162 valence electrons. The van der Waals surface area contributed by atoms with Crippen LogP contribution in [0.2, 0.25) is 0 Å². The summed E-state index contributed by atoms with van der Waals surface area (Å²) in [5, 5.41) is 12.2. The molecule has 0 saturated carbocycles. The molecule has 0 aliphatic carbocycles. The van der Waals surface area contributed by atoms with Crippen molar-refractivity contribution in [3.63, 3.8) is 0 Å². The maximum atomic E-state index is 13.1. The second kappa shape index (κ2) is 9.23. The summed E-state index contributed by atoms with van der Waals surface area (Å²) in [5.74, 6) is -0.725. The maximum Gasteiger partial charge on any atom is 0.328 e. The van der Waals surface area contributed by atoms with E-state index in [1.165, 1.54) is 10.5 Å². The molecule has 1 N–H and O–H groups in total. The Kier molecular flexibility index (Phi) is 6.23. The number of hydrogen-bond acceptors (Lipinski definition) is 6. The van der Waals surface area contributed by atoms with Gasteiger partial charge in [0.05, 0.1) is 22.0 Å². The lowest BCUT2D eigenvalue weighted by atomic mass is 10.1. The van der Waals surface area contributed by atoms with E-state index < -0.39 is 5.97 Å². The van der Waals surface area contributed by atoms with E-state index in [-0.39, 0.29) is 11.1 Å². The molecule has 0 amide bonds. The van der Waals surface area contributed by atoms with Gasteiger partial charge in [-0.25, -0.2) is 14.8 Å². The van der Waals surface area contributed by atoms with Gasteiger partial charge in [0.15, 0.2) is 0 Å². The number of carboxylic acids is 1. The molecule has 0 fully saturated rings. The lowest BCUT2D eigenvalue weighted by Gasteiger charge is -2.10. The van der Waals surface area contributed by atoms with Gasteiger partial charge >= 0.3 is 5.97 Å². The number of pyridine rings is 2. The van der Waals surface area contributed by atoms with E-state index in [2.05, 4.69) is 29.2 Å². The van der Waals surface area contributed by atoms with Gasteiger partial charge in [0.1, 0.15) is 5.65 Å². The second-order valence-electron chi connectivity index (χ2n) is 7.68. The minimum absolute atomic E-state index is 0.203. The van der Waals surface area contributed by atoms with Crippen LogP contribution in [0.1, 0.15) is 41.6 Å². The first-order valence-electron chi connectivity index (χ1n) is 10.2. The first-order chi connectivity index (χ1) is 15.4. The fraction of sp³-hybridized carbons (Fsp3) is 0.208. The zero-order chi connectivity index (χ0) is 22.7. The molecule has 0 aromatic carbocycles. The Bertz CT molecular complexity index is 1360. The molecule has 4 rings (SSSR count). The number of nitrogens with zero attached hydrogens (tertiary/aromatic N) is 4. The zero-order valence-electron chi connectivity index (χ0n) is 17.7. The average Bonchev–Trinajstić information content (AvgIpc) is 3.27. The minimum Gasteiger partial charge on any atom is -0.478 e. The standard InChI is InChI=1S/C24H22N4O3S/c1-15(2)19-14-32-21(26-19)7-5-16-9-11-28-20(12-16)27-23(17-4-3-10-25-13-17)18(24(28)31)6-8-22(29)30/h3-4,6,8-15H,5,7H2,1-2H3,(H,29,30). The Morgan fingerprint density at radius 1 is 1.25 bits per heavy atom. The average molecular weight is 447 g/mol. The number of aromatic nitrogens is 4. The predicted octanol–water partition coefficient (Wildman–Crippen LogP) is 4.22. The third kappa shape index (κ3) is 4.65.